The second-order valence-electron chi connectivity index (χ2n) is 15.4. The van der Waals surface area contributed by atoms with Crippen LogP contribution < -0.4 is 0 Å². The number of phosphoric acid groups is 1. The first-order valence-corrected chi connectivity index (χ1v) is 24.5. The number of hydrogen-bond donors (Lipinski definition) is 2. The van der Waals surface area contributed by atoms with E-state index in [9.17, 15) is 14.2 Å². The average Bonchev–Trinajstić information content (AvgIpc) is 3.17. The molecule has 0 aliphatic carbocycles. The van der Waals surface area contributed by atoms with Gasteiger partial charge in [-0.25, -0.2) is 4.57 Å². The monoisotopic (exact) mass is 809 g/mol. The number of carbonyl (C=O) groups is 2. The third kappa shape index (κ3) is 44.7. The number of phosphoric ester groups is 1. The van der Waals surface area contributed by atoms with Crippen molar-refractivity contribution in [3.63, 3.8) is 0 Å². The zero-order valence-electron chi connectivity index (χ0n) is 36.0. The van der Waals surface area contributed by atoms with E-state index in [1.807, 2.05) is 0 Å². The van der Waals surface area contributed by atoms with E-state index in [1.54, 1.807) is 0 Å². The molecule has 0 saturated carbocycles. The average molecular weight is 809 g/mol. The van der Waals surface area contributed by atoms with Crippen molar-refractivity contribution in [2.45, 2.75) is 225 Å². The van der Waals surface area contributed by atoms with Crippen molar-refractivity contribution in [3.05, 3.63) is 48.6 Å². The number of hydrogen-bond acceptors (Lipinski definition) is 6. The Balaban J connectivity index is 3.90. The number of unbranched alkanes of at least 4 members (excludes halogenated alkanes) is 24. The molecule has 0 saturated heterocycles. The maximum atomic E-state index is 12.4. The Labute approximate surface area is 344 Å². The third-order valence-electron chi connectivity index (χ3n) is 9.82. The molecule has 0 amide bonds. The van der Waals surface area contributed by atoms with Gasteiger partial charge in [0.15, 0.2) is 6.10 Å². The SMILES string of the molecule is CCCCC/C=C\C/C=C\C/C=C\CCCCCCCCC(=O)OC(COC(=O)CCCCCCCCCCC/C=C\CCCCCCCC)COP(=O)(O)O. The molecule has 0 rings (SSSR count). The van der Waals surface area contributed by atoms with Crippen LogP contribution >= 0.6 is 7.82 Å². The summed E-state index contributed by atoms with van der Waals surface area (Å²) >= 11 is 0. The lowest BCUT2D eigenvalue weighted by Gasteiger charge is -2.18. The number of rotatable bonds is 42. The molecular weight excluding hydrogens is 723 g/mol. The van der Waals surface area contributed by atoms with E-state index in [-0.39, 0.29) is 19.4 Å². The third-order valence-corrected chi connectivity index (χ3v) is 10.3. The Morgan fingerprint density at radius 2 is 0.804 bits per heavy atom. The summed E-state index contributed by atoms with van der Waals surface area (Å²) < 4.78 is 26.5. The molecule has 56 heavy (non-hydrogen) atoms. The van der Waals surface area contributed by atoms with Gasteiger partial charge in [-0.15, -0.1) is 0 Å². The summed E-state index contributed by atoms with van der Waals surface area (Å²) in [5, 5.41) is 0. The molecule has 0 radical (unpaired) electrons. The highest BCUT2D eigenvalue weighted by molar-refractivity contribution is 7.46. The van der Waals surface area contributed by atoms with Crippen LogP contribution in [0.15, 0.2) is 48.6 Å². The minimum Gasteiger partial charge on any atom is -0.462 e. The highest BCUT2D eigenvalue weighted by Crippen LogP contribution is 2.36. The van der Waals surface area contributed by atoms with E-state index in [4.69, 9.17) is 19.3 Å². The largest absolute Gasteiger partial charge is 0.469 e. The van der Waals surface area contributed by atoms with Crippen LogP contribution in [0.1, 0.15) is 219 Å². The van der Waals surface area contributed by atoms with Crippen molar-refractivity contribution in [2.75, 3.05) is 13.2 Å². The first kappa shape index (κ1) is 54.0. The first-order valence-electron chi connectivity index (χ1n) is 22.9. The normalized spacial score (nSPS) is 12.9. The minimum absolute atomic E-state index is 0.196. The molecule has 0 fully saturated rings. The van der Waals surface area contributed by atoms with Crippen LogP contribution in [0, 0.1) is 0 Å². The zero-order valence-corrected chi connectivity index (χ0v) is 36.9. The molecule has 1 atom stereocenters. The van der Waals surface area contributed by atoms with Crippen LogP contribution in [-0.2, 0) is 28.2 Å². The maximum absolute atomic E-state index is 12.4. The number of allylic oxidation sites excluding steroid dienone is 8. The van der Waals surface area contributed by atoms with Crippen LogP contribution in [0.4, 0.5) is 0 Å². The summed E-state index contributed by atoms with van der Waals surface area (Å²) in [5.74, 6) is -0.898. The summed E-state index contributed by atoms with van der Waals surface area (Å²) in [4.78, 5) is 43.0. The van der Waals surface area contributed by atoms with Crippen LogP contribution in [0.25, 0.3) is 0 Å². The molecule has 0 spiro atoms. The van der Waals surface area contributed by atoms with E-state index in [2.05, 4.69) is 67.0 Å². The Kier molecular flexibility index (Phi) is 41.1. The van der Waals surface area contributed by atoms with Crippen LogP contribution in [-0.4, -0.2) is 41.0 Å². The molecule has 0 aromatic rings. The summed E-state index contributed by atoms with van der Waals surface area (Å²) in [7, 11) is -4.76. The van der Waals surface area contributed by atoms with Gasteiger partial charge in [0.2, 0.25) is 0 Å². The minimum atomic E-state index is -4.76. The summed E-state index contributed by atoms with van der Waals surface area (Å²) in [5.41, 5.74) is 0. The molecule has 0 heterocycles. The van der Waals surface area contributed by atoms with E-state index < -0.39 is 32.5 Å². The van der Waals surface area contributed by atoms with Crippen molar-refractivity contribution in [1.29, 1.82) is 0 Å². The molecule has 2 N–H and O–H groups in total. The van der Waals surface area contributed by atoms with Crippen LogP contribution in [0.2, 0.25) is 0 Å². The molecule has 8 nitrogen and oxygen atoms in total. The Hall–Kier alpha value is -1.99. The molecule has 0 aromatic heterocycles. The van der Waals surface area contributed by atoms with Gasteiger partial charge in [-0.1, -0.05) is 178 Å². The van der Waals surface area contributed by atoms with Crippen molar-refractivity contribution in [3.8, 4) is 0 Å². The molecule has 0 aliphatic rings. The van der Waals surface area contributed by atoms with E-state index >= 15 is 0 Å². The lowest BCUT2D eigenvalue weighted by Crippen LogP contribution is -2.29. The molecule has 0 bridgehead atoms. The predicted octanol–water partition coefficient (Wildman–Crippen LogP) is 14.3. The fourth-order valence-electron chi connectivity index (χ4n) is 6.38. The number of carbonyl (C=O) groups excluding carboxylic acids is 2. The Bertz CT molecular complexity index is 1050. The summed E-state index contributed by atoms with van der Waals surface area (Å²) in [6.45, 7) is 3.66. The summed E-state index contributed by atoms with van der Waals surface area (Å²) in [6.07, 6.45) is 52.6. The van der Waals surface area contributed by atoms with E-state index in [0.29, 0.717) is 6.42 Å². The van der Waals surface area contributed by atoms with Gasteiger partial charge in [-0.05, 0) is 77.0 Å². The highest BCUT2D eigenvalue weighted by atomic mass is 31.2. The van der Waals surface area contributed by atoms with Gasteiger partial charge in [-0.2, -0.15) is 0 Å². The van der Waals surface area contributed by atoms with Gasteiger partial charge in [0.05, 0.1) is 6.61 Å². The van der Waals surface area contributed by atoms with Gasteiger partial charge in [0.1, 0.15) is 6.61 Å². The van der Waals surface area contributed by atoms with Crippen molar-refractivity contribution in [2.24, 2.45) is 0 Å². The van der Waals surface area contributed by atoms with E-state index in [1.165, 1.54) is 116 Å². The number of esters is 2. The smallest absolute Gasteiger partial charge is 0.462 e. The summed E-state index contributed by atoms with van der Waals surface area (Å²) in [6, 6.07) is 0. The molecule has 0 aromatic carbocycles. The van der Waals surface area contributed by atoms with Crippen molar-refractivity contribution in [1.82, 2.24) is 0 Å². The second-order valence-corrected chi connectivity index (χ2v) is 16.6. The van der Waals surface area contributed by atoms with E-state index in [0.717, 1.165) is 70.6 Å². The second kappa shape index (κ2) is 42.6. The zero-order chi connectivity index (χ0) is 41.1. The molecular formula is C47H85O8P. The van der Waals surface area contributed by atoms with Crippen LogP contribution in [0.3, 0.4) is 0 Å². The fraction of sp³-hybridized carbons (Fsp3) is 0.787. The fourth-order valence-corrected chi connectivity index (χ4v) is 6.74. The van der Waals surface area contributed by atoms with Crippen LogP contribution in [0.5, 0.6) is 0 Å². The lowest BCUT2D eigenvalue weighted by atomic mass is 10.1. The van der Waals surface area contributed by atoms with Gasteiger partial charge in [0.25, 0.3) is 0 Å². The molecule has 9 heteroatoms. The quantitative estimate of drug-likeness (QED) is 0.0271. The van der Waals surface area contributed by atoms with Gasteiger partial charge >= 0.3 is 19.8 Å². The van der Waals surface area contributed by atoms with Crippen molar-refractivity contribution < 1.29 is 37.9 Å². The van der Waals surface area contributed by atoms with Crippen molar-refractivity contribution >= 4 is 19.8 Å². The van der Waals surface area contributed by atoms with Gasteiger partial charge in [-0.3, -0.25) is 14.1 Å². The van der Waals surface area contributed by atoms with Gasteiger partial charge in [0, 0.05) is 12.8 Å². The first-order chi connectivity index (χ1) is 27.3. The highest BCUT2D eigenvalue weighted by Gasteiger charge is 2.22. The molecule has 1 unspecified atom stereocenters. The Morgan fingerprint density at radius 3 is 1.25 bits per heavy atom. The molecule has 326 valence electrons. The molecule has 0 aliphatic heterocycles. The standard InChI is InChI=1S/C47H85O8P/c1-3-5-7-9-11-13-15-17-19-21-23-25-27-29-31-33-35-37-39-41-46(48)53-43-45(44-54-56(50,51)52)55-47(49)42-40-38-36-34-32-30-28-26-24-22-20-18-16-14-12-10-8-6-4-2/h12,14,17-20,24,26,45H,3-11,13,15-16,21-23,25,27-44H2,1-2H3,(H2,50,51,52)/b14-12-,19-17-,20-18-,26-24-. The maximum Gasteiger partial charge on any atom is 0.469 e. The lowest BCUT2D eigenvalue weighted by molar-refractivity contribution is -0.161. The Morgan fingerprint density at radius 1 is 0.464 bits per heavy atom. The predicted molar refractivity (Wildman–Crippen MR) is 234 cm³/mol. The number of ether oxygens (including phenoxy) is 2. The topological polar surface area (TPSA) is 119 Å². The van der Waals surface area contributed by atoms with Gasteiger partial charge < -0.3 is 19.3 Å².